The number of hydrogen-bond donors (Lipinski definition) is 2. The van der Waals surface area contributed by atoms with Crippen LogP contribution in [0.3, 0.4) is 0 Å². The van der Waals surface area contributed by atoms with Crippen molar-refractivity contribution in [1.29, 1.82) is 0 Å². The van der Waals surface area contributed by atoms with Crippen molar-refractivity contribution in [2.75, 3.05) is 7.11 Å². The molecule has 0 fully saturated rings. The molecule has 0 rings (SSSR count). The highest BCUT2D eigenvalue weighted by atomic mass is 16.5. The summed E-state index contributed by atoms with van der Waals surface area (Å²) in [5.41, 5.74) is -1.58. The van der Waals surface area contributed by atoms with E-state index in [1.807, 2.05) is 0 Å². The molecule has 0 saturated heterocycles. The summed E-state index contributed by atoms with van der Waals surface area (Å²) in [5, 5.41) is 11.5. The standard InChI is InChI=1S/C11H21NO4/c1-10(2,3)7(8(13)14)12-9(15)11(4,5)16-6/h7H,1-6H3,(H,12,15)(H,13,14)/t7-/m1/s1. The van der Waals surface area contributed by atoms with Gasteiger partial charge in [0.1, 0.15) is 11.6 Å². The molecule has 0 aliphatic rings. The van der Waals surface area contributed by atoms with Gasteiger partial charge in [-0.2, -0.15) is 0 Å². The summed E-state index contributed by atoms with van der Waals surface area (Å²) >= 11 is 0. The Labute approximate surface area is 96.2 Å². The minimum Gasteiger partial charge on any atom is -0.480 e. The molecule has 0 aromatic heterocycles. The van der Waals surface area contributed by atoms with Crippen molar-refractivity contribution in [2.24, 2.45) is 5.41 Å². The van der Waals surface area contributed by atoms with E-state index in [4.69, 9.17) is 9.84 Å². The van der Waals surface area contributed by atoms with Crippen LogP contribution < -0.4 is 5.32 Å². The molecular formula is C11H21NO4. The summed E-state index contributed by atoms with van der Waals surface area (Å²) in [6.45, 7) is 8.44. The first-order valence-electron chi connectivity index (χ1n) is 5.11. The van der Waals surface area contributed by atoms with Gasteiger partial charge in [0.2, 0.25) is 0 Å². The van der Waals surface area contributed by atoms with Crippen LogP contribution in [-0.4, -0.2) is 35.7 Å². The quantitative estimate of drug-likeness (QED) is 0.757. The van der Waals surface area contributed by atoms with Crippen molar-refractivity contribution in [2.45, 2.75) is 46.3 Å². The van der Waals surface area contributed by atoms with Gasteiger partial charge < -0.3 is 15.2 Å². The number of carboxylic acids is 1. The van der Waals surface area contributed by atoms with E-state index < -0.39 is 28.9 Å². The number of carbonyl (C=O) groups is 2. The monoisotopic (exact) mass is 231 g/mol. The van der Waals surface area contributed by atoms with Crippen molar-refractivity contribution in [1.82, 2.24) is 5.32 Å². The molecule has 1 amide bonds. The first-order valence-corrected chi connectivity index (χ1v) is 5.11. The van der Waals surface area contributed by atoms with Crippen molar-refractivity contribution >= 4 is 11.9 Å². The first-order chi connectivity index (χ1) is 7.02. The van der Waals surface area contributed by atoms with E-state index in [1.54, 1.807) is 34.6 Å². The largest absolute Gasteiger partial charge is 0.480 e. The maximum atomic E-state index is 11.8. The van der Waals surface area contributed by atoms with Crippen LogP contribution in [0.25, 0.3) is 0 Å². The van der Waals surface area contributed by atoms with Gasteiger partial charge in [0.05, 0.1) is 0 Å². The molecule has 0 unspecified atom stereocenters. The van der Waals surface area contributed by atoms with Crippen LogP contribution in [0.1, 0.15) is 34.6 Å². The highest BCUT2D eigenvalue weighted by Crippen LogP contribution is 2.20. The van der Waals surface area contributed by atoms with Gasteiger partial charge in [-0.3, -0.25) is 4.79 Å². The summed E-state index contributed by atoms with van der Waals surface area (Å²) in [5.74, 6) is -1.48. The highest BCUT2D eigenvalue weighted by Gasteiger charge is 2.36. The van der Waals surface area contributed by atoms with E-state index >= 15 is 0 Å². The van der Waals surface area contributed by atoms with Gasteiger partial charge in [0, 0.05) is 7.11 Å². The minimum atomic E-state index is -1.05. The lowest BCUT2D eigenvalue weighted by Crippen LogP contribution is -2.55. The Morgan fingerprint density at radius 2 is 1.62 bits per heavy atom. The molecule has 0 aliphatic heterocycles. The Morgan fingerprint density at radius 3 is 1.88 bits per heavy atom. The van der Waals surface area contributed by atoms with E-state index in [-0.39, 0.29) is 0 Å². The molecule has 0 aliphatic carbocycles. The van der Waals surface area contributed by atoms with Crippen LogP contribution in [-0.2, 0) is 14.3 Å². The zero-order chi connectivity index (χ0) is 13.1. The third kappa shape index (κ3) is 3.81. The molecule has 0 bridgehead atoms. The second-order valence-corrected chi connectivity index (χ2v) is 5.33. The van der Waals surface area contributed by atoms with E-state index in [9.17, 15) is 9.59 Å². The SMILES string of the molecule is COC(C)(C)C(=O)N[C@H](C(=O)O)C(C)(C)C. The second kappa shape index (κ2) is 4.82. The summed E-state index contributed by atoms with van der Waals surface area (Å²) in [6.07, 6.45) is 0. The Hall–Kier alpha value is -1.10. The molecule has 5 nitrogen and oxygen atoms in total. The van der Waals surface area contributed by atoms with Crippen LogP contribution in [0, 0.1) is 5.41 Å². The molecule has 0 aromatic rings. The number of carbonyl (C=O) groups excluding carboxylic acids is 1. The lowest BCUT2D eigenvalue weighted by Gasteiger charge is -2.31. The average molecular weight is 231 g/mol. The second-order valence-electron chi connectivity index (χ2n) is 5.33. The minimum absolute atomic E-state index is 0.433. The molecule has 0 heterocycles. The molecule has 1 atom stereocenters. The number of amides is 1. The number of ether oxygens (including phenoxy) is 1. The summed E-state index contributed by atoms with van der Waals surface area (Å²) in [7, 11) is 1.41. The fourth-order valence-electron chi connectivity index (χ4n) is 1.05. The fourth-order valence-corrected chi connectivity index (χ4v) is 1.05. The van der Waals surface area contributed by atoms with Crippen LogP contribution in [0.15, 0.2) is 0 Å². The molecule has 2 N–H and O–H groups in total. The molecule has 0 spiro atoms. The third-order valence-corrected chi connectivity index (χ3v) is 2.45. The lowest BCUT2D eigenvalue weighted by molar-refractivity contribution is -0.150. The molecular weight excluding hydrogens is 210 g/mol. The average Bonchev–Trinajstić information content (AvgIpc) is 2.11. The predicted octanol–water partition coefficient (Wildman–Crippen LogP) is 1.03. The van der Waals surface area contributed by atoms with Gasteiger partial charge in [-0.05, 0) is 19.3 Å². The number of hydrogen-bond acceptors (Lipinski definition) is 3. The van der Waals surface area contributed by atoms with Crippen LogP contribution in [0.4, 0.5) is 0 Å². The zero-order valence-corrected chi connectivity index (χ0v) is 10.7. The zero-order valence-electron chi connectivity index (χ0n) is 10.7. The lowest BCUT2D eigenvalue weighted by atomic mass is 9.86. The van der Waals surface area contributed by atoms with Gasteiger partial charge in [-0.15, -0.1) is 0 Å². The number of methoxy groups -OCH3 is 1. The normalized spacial score (nSPS) is 14.4. The van der Waals surface area contributed by atoms with Gasteiger partial charge >= 0.3 is 5.97 Å². The number of rotatable bonds is 4. The van der Waals surface area contributed by atoms with Gasteiger partial charge in [-0.1, -0.05) is 20.8 Å². The molecule has 94 valence electrons. The Morgan fingerprint density at radius 1 is 1.19 bits per heavy atom. The molecule has 0 saturated carbocycles. The number of nitrogens with one attached hydrogen (secondary N) is 1. The Kier molecular flexibility index (Phi) is 4.49. The van der Waals surface area contributed by atoms with Gasteiger partial charge in [0.25, 0.3) is 5.91 Å². The van der Waals surface area contributed by atoms with Crippen LogP contribution in [0.5, 0.6) is 0 Å². The van der Waals surface area contributed by atoms with Gasteiger partial charge in [-0.25, -0.2) is 4.79 Å². The third-order valence-electron chi connectivity index (χ3n) is 2.45. The molecule has 0 radical (unpaired) electrons. The molecule has 0 aromatic carbocycles. The van der Waals surface area contributed by atoms with E-state index in [2.05, 4.69) is 5.32 Å². The smallest absolute Gasteiger partial charge is 0.326 e. The van der Waals surface area contributed by atoms with Crippen molar-refractivity contribution < 1.29 is 19.4 Å². The highest BCUT2D eigenvalue weighted by molar-refractivity contribution is 5.89. The number of carboxylic acid groups (broad SMARTS) is 1. The summed E-state index contributed by atoms with van der Waals surface area (Å²) < 4.78 is 4.99. The van der Waals surface area contributed by atoms with Crippen LogP contribution >= 0.6 is 0 Å². The topological polar surface area (TPSA) is 75.6 Å². The first kappa shape index (κ1) is 14.9. The summed E-state index contributed by atoms with van der Waals surface area (Å²) in [4.78, 5) is 22.8. The molecule has 5 heteroatoms. The fraction of sp³-hybridized carbons (Fsp3) is 0.818. The number of aliphatic carboxylic acids is 1. The van der Waals surface area contributed by atoms with Crippen LogP contribution in [0.2, 0.25) is 0 Å². The van der Waals surface area contributed by atoms with E-state index in [0.29, 0.717) is 0 Å². The van der Waals surface area contributed by atoms with Crippen molar-refractivity contribution in [3.8, 4) is 0 Å². The Bertz CT molecular complexity index is 278. The Balaban J connectivity index is 4.81. The van der Waals surface area contributed by atoms with Gasteiger partial charge in [0.15, 0.2) is 0 Å². The maximum absolute atomic E-state index is 11.8. The predicted molar refractivity (Wildman–Crippen MR) is 60.1 cm³/mol. The van der Waals surface area contributed by atoms with Crippen molar-refractivity contribution in [3.05, 3.63) is 0 Å². The van der Waals surface area contributed by atoms with Crippen molar-refractivity contribution in [3.63, 3.8) is 0 Å². The maximum Gasteiger partial charge on any atom is 0.326 e. The molecule has 16 heavy (non-hydrogen) atoms. The summed E-state index contributed by atoms with van der Waals surface area (Å²) in [6, 6.07) is -0.936. The van der Waals surface area contributed by atoms with E-state index in [1.165, 1.54) is 7.11 Å². The van der Waals surface area contributed by atoms with E-state index in [0.717, 1.165) is 0 Å².